The van der Waals surface area contributed by atoms with Gasteiger partial charge in [0.2, 0.25) is 5.91 Å². The summed E-state index contributed by atoms with van der Waals surface area (Å²) < 4.78 is 14.2. The van der Waals surface area contributed by atoms with E-state index in [1.807, 2.05) is 0 Å². The summed E-state index contributed by atoms with van der Waals surface area (Å²) in [5, 5.41) is 3.26. The van der Waals surface area contributed by atoms with E-state index in [1.54, 1.807) is 11.0 Å². The number of anilines is 1. The molecule has 2 unspecified atom stereocenters. The first-order chi connectivity index (χ1) is 18.0. The van der Waals surface area contributed by atoms with Crippen LogP contribution in [-0.2, 0) is 11.2 Å². The molecule has 37 heavy (non-hydrogen) atoms. The van der Waals surface area contributed by atoms with Gasteiger partial charge in [-0.1, -0.05) is 55.5 Å². The van der Waals surface area contributed by atoms with Crippen molar-refractivity contribution < 1.29 is 14.0 Å². The highest BCUT2D eigenvalue weighted by Crippen LogP contribution is 2.36. The number of likely N-dealkylation sites (tertiary alicyclic amines) is 1. The van der Waals surface area contributed by atoms with Crippen molar-refractivity contribution in [2.45, 2.75) is 51.4 Å². The summed E-state index contributed by atoms with van der Waals surface area (Å²) in [6.07, 6.45) is 8.80. The second-order valence-electron chi connectivity index (χ2n) is 11.0. The molecular weight excluding hydrogens is 489 g/mol. The van der Waals surface area contributed by atoms with Gasteiger partial charge in [-0.3, -0.25) is 9.59 Å². The summed E-state index contributed by atoms with van der Waals surface area (Å²) in [5.74, 6) is 0.824. The molecule has 2 heterocycles. The number of fused-ring (bicyclic) bond motifs is 1. The second-order valence-corrected chi connectivity index (χ2v) is 11.5. The summed E-state index contributed by atoms with van der Waals surface area (Å²) >= 11 is 6.12. The minimum atomic E-state index is -0.559. The fourth-order valence-corrected chi connectivity index (χ4v) is 6.63. The number of carbonyl (C=O) groups is 2. The monoisotopic (exact) mass is 525 g/mol. The molecule has 0 radical (unpaired) electrons. The quantitative estimate of drug-likeness (QED) is 0.427. The number of rotatable bonds is 9. The number of amides is 2. The van der Waals surface area contributed by atoms with E-state index in [0.29, 0.717) is 31.3 Å². The Morgan fingerprint density at radius 3 is 2.46 bits per heavy atom. The number of benzene rings is 2. The van der Waals surface area contributed by atoms with Crippen LogP contribution in [-0.4, -0.2) is 49.4 Å². The summed E-state index contributed by atoms with van der Waals surface area (Å²) in [4.78, 5) is 29.3. The maximum atomic E-state index is 14.2. The van der Waals surface area contributed by atoms with E-state index >= 15 is 0 Å². The molecule has 2 amide bonds. The third-order valence-corrected chi connectivity index (χ3v) is 8.76. The van der Waals surface area contributed by atoms with Gasteiger partial charge in [0, 0.05) is 56.7 Å². The summed E-state index contributed by atoms with van der Waals surface area (Å²) in [6, 6.07) is 13.0. The van der Waals surface area contributed by atoms with Crippen molar-refractivity contribution in [3.05, 3.63) is 64.4 Å². The van der Waals surface area contributed by atoms with Crippen molar-refractivity contribution in [3.8, 4) is 0 Å². The number of aryl methyl sites for hydroxylation is 1. The van der Waals surface area contributed by atoms with Crippen LogP contribution in [0.2, 0.25) is 5.02 Å². The number of carbonyl (C=O) groups excluding carboxylic acids is 2. The Balaban J connectivity index is 1.07. The van der Waals surface area contributed by atoms with E-state index < -0.39 is 5.82 Å². The molecule has 0 aromatic heterocycles. The molecule has 3 fully saturated rings. The smallest absolute Gasteiger partial charge is 0.258 e. The predicted octanol–water partition coefficient (Wildman–Crippen LogP) is 5.71. The van der Waals surface area contributed by atoms with Crippen LogP contribution < -0.4 is 10.2 Å². The molecule has 0 spiro atoms. The number of hydrogen-bond acceptors (Lipinski definition) is 3. The zero-order valence-corrected chi connectivity index (χ0v) is 22.2. The molecule has 7 heteroatoms. The first-order valence-electron chi connectivity index (χ1n) is 13.8. The molecule has 2 aliphatic heterocycles. The molecule has 2 aromatic rings. The minimum Gasteiger partial charge on any atom is -0.371 e. The van der Waals surface area contributed by atoms with E-state index in [0.717, 1.165) is 44.8 Å². The third-order valence-electron chi connectivity index (χ3n) is 8.44. The SMILES string of the molecule is O=C(CCC1CCCC1)NCCCc1cccc(N2CC3CN(C(=O)c4c(F)cccc4Cl)CC3C2)c1. The van der Waals surface area contributed by atoms with Crippen molar-refractivity contribution in [2.24, 2.45) is 17.8 Å². The van der Waals surface area contributed by atoms with E-state index in [2.05, 4.69) is 34.5 Å². The number of nitrogens with one attached hydrogen (secondary N) is 1. The predicted molar refractivity (Wildman–Crippen MR) is 145 cm³/mol. The first-order valence-corrected chi connectivity index (χ1v) is 14.2. The second kappa shape index (κ2) is 11.8. The summed E-state index contributed by atoms with van der Waals surface area (Å²) in [5.41, 5.74) is 2.47. The molecule has 3 aliphatic rings. The van der Waals surface area contributed by atoms with Crippen molar-refractivity contribution in [3.63, 3.8) is 0 Å². The summed E-state index contributed by atoms with van der Waals surface area (Å²) in [7, 11) is 0. The largest absolute Gasteiger partial charge is 0.371 e. The van der Waals surface area contributed by atoms with Gasteiger partial charge >= 0.3 is 0 Å². The van der Waals surface area contributed by atoms with Gasteiger partial charge in [-0.05, 0) is 55.0 Å². The molecule has 1 aliphatic carbocycles. The lowest BCUT2D eigenvalue weighted by Gasteiger charge is -2.24. The van der Waals surface area contributed by atoms with Gasteiger partial charge in [0.1, 0.15) is 5.82 Å². The van der Waals surface area contributed by atoms with Crippen LogP contribution in [0.25, 0.3) is 0 Å². The van der Waals surface area contributed by atoms with Crippen LogP contribution >= 0.6 is 11.6 Å². The van der Waals surface area contributed by atoms with E-state index in [1.165, 1.54) is 49.1 Å². The highest BCUT2D eigenvalue weighted by Gasteiger charge is 2.42. The molecule has 198 valence electrons. The lowest BCUT2D eigenvalue weighted by Crippen LogP contribution is -2.34. The maximum absolute atomic E-state index is 14.2. The summed E-state index contributed by atoms with van der Waals surface area (Å²) in [6.45, 7) is 3.76. The van der Waals surface area contributed by atoms with Crippen LogP contribution in [0, 0.1) is 23.6 Å². The highest BCUT2D eigenvalue weighted by atomic mass is 35.5. The fourth-order valence-electron chi connectivity index (χ4n) is 6.38. The fraction of sp³-hybridized carbons (Fsp3) is 0.533. The van der Waals surface area contributed by atoms with Gasteiger partial charge in [0.15, 0.2) is 0 Å². The van der Waals surface area contributed by atoms with Gasteiger partial charge in [-0.2, -0.15) is 0 Å². The van der Waals surface area contributed by atoms with Crippen molar-refractivity contribution in [2.75, 3.05) is 37.6 Å². The average Bonchev–Trinajstić information content (AvgIpc) is 3.62. The number of halogens is 2. The Bertz CT molecular complexity index is 1090. The van der Waals surface area contributed by atoms with Gasteiger partial charge in [0.25, 0.3) is 5.91 Å². The van der Waals surface area contributed by atoms with Gasteiger partial charge in [-0.15, -0.1) is 0 Å². The molecule has 5 nitrogen and oxygen atoms in total. The molecular formula is C30H37ClFN3O2. The third kappa shape index (κ3) is 6.28. The van der Waals surface area contributed by atoms with E-state index in [-0.39, 0.29) is 22.4 Å². The Morgan fingerprint density at radius 2 is 1.73 bits per heavy atom. The minimum absolute atomic E-state index is 0.0151. The van der Waals surface area contributed by atoms with Crippen molar-refractivity contribution in [1.29, 1.82) is 0 Å². The zero-order chi connectivity index (χ0) is 25.8. The lowest BCUT2D eigenvalue weighted by molar-refractivity contribution is -0.121. The van der Waals surface area contributed by atoms with Crippen LogP contribution in [0.4, 0.5) is 10.1 Å². The van der Waals surface area contributed by atoms with Crippen LogP contribution in [0.15, 0.2) is 42.5 Å². The first kappa shape index (κ1) is 26.0. The van der Waals surface area contributed by atoms with E-state index in [4.69, 9.17) is 11.6 Å². The molecule has 5 rings (SSSR count). The molecule has 2 saturated heterocycles. The van der Waals surface area contributed by atoms with Gasteiger partial charge in [-0.25, -0.2) is 4.39 Å². The van der Waals surface area contributed by atoms with Crippen LogP contribution in [0.3, 0.4) is 0 Å². The number of hydrogen-bond donors (Lipinski definition) is 1. The van der Waals surface area contributed by atoms with Crippen LogP contribution in [0.1, 0.15) is 60.9 Å². The standard InChI is InChI=1S/C30H37ClFN3O2/c31-26-11-4-12-27(32)29(26)30(37)35-19-23-17-34(18-24(23)20-35)25-10-3-8-22(16-25)9-5-15-33-28(36)14-13-21-6-1-2-7-21/h3-4,8,10-12,16,21,23-24H,1-2,5-7,9,13-15,17-20H2,(H,33,36). The molecule has 1 saturated carbocycles. The van der Waals surface area contributed by atoms with Crippen molar-refractivity contribution >= 4 is 29.1 Å². The zero-order valence-electron chi connectivity index (χ0n) is 21.4. The maximum Gasteiger partial charge on any atom is 0.258 e. The molecule has 2 aromatic carbocycles. The molecule has 0 bridgehead atoms. The molecule has 1 N–H and O–H groups in total. The topological polar surface area (TPSA) is 52.7 Å². The Labute approximate surface area is 224 Å². The lowest BCUT2D eigenvalue weighted by atomic mass is 10.0. The average molecular weight is 526 g/mol. The Hall–Kier alpha value is -2.60. The normalized spacial score (nSPS) is 21.5. The molecule has 2 atom stereocenters. The van der Waals surface area contributed by atoms with Crippen LogP contribution in [0.5, 0.6) is 0 Å². The van der Waals surface area contributed by atoms with Gasteiger partial charge < -0.3 is 15.1 Å². The highest BCUT2D eigenvalue weighted by molar-refractivity contribution is 6.33. The number of nitrogens with zero attached hydrogens (tertiary/aromatic N) is 2. The Morgan fingerprint density at radius 1 is 1.00 bits per heavy atom. The Kier molecular flexibility index (Phi) is 8.33. The van der Waals surface area contributed by atoms with E-state index in [9.17, 15) is 14.0 Å². The van der Waals surface area contributed by atoms with Gasteiger partial charge in [0.05, 0.1) is 10.6 Å². The van der Waals surface area contributed by atoms with Crippen molar-refractivity contribution in [1.82, 2.24) is 10.2 Å².